The lowest BCUT2D eigenvalue weighted by Gasteiger charge is -2.37. The molecule has 2 N–H and O–H groups in total. The smallest absolute Gasteiger partial charge is 0.337 e. The maximum absolute atomic E-state index is 12.3. The van der Waals surface area contributed by atoms with Gasteiger partial charge in [0.1, 0.15) is 0 Å². The third-order valence-electron chi connectivity index (χ3n) is 3.53. The summed E-state index contributed by atoms with van der Waals surface area (Å²) in [5.41, 5.74) is -1.95. The lowest BCUT2D eigenvalue weighted by molar-refractivity contribution is -0.162. The molecule has 0 aliphatic carbocycles. The van der Waals surface area contributed by atoms with Gasteiger partial charge in [-0.15, -0.1) is 0 Å². The number of carboxylic acid groups (broad SMARTS) is 1. The van der Waals surface area contributed by atoms with E-state index in [0.717, 1.165) is 4.31 Å². The minimum absolute atomic E-state index is 0.0945. The van der Waals surface area contributed by atoms with E-state index in [1.54, 1.807) is 13.8 Å². The van der Waals surface area contributed by atoms with E-state index in [0.29, 0.717) is 19.3 Å². The molecule has 1 atom stereocenters. The highest BCUT2D eigenvalue weighted by molar-refractivity contribution is 7.89. The van der Waals surface area contributed by atoms with Crippen molar-refractivity contribution >= 4 is 16.0 Å². The van der Waals surface area contributed by atoms with Crippen LogP contribution in [0.2, 0.25) is 0 Å². The van der Waals surface area contributed by atoms with Gasteiger partial charge in [-0.1, -0.05) is 13.8 Å². The van der Waals surface area contributed by atoms with Crippen LogP contribution in [0.15, 0.2) is 0 Å². The number of hydrogen-bond donors (Lipinski definition) is 2. The quantitative estimate of drug-likeness (QED) is 0.760. The minimum atomic E-state index is -3.52. The van der Waals surface area contributed by atoms with Gasteiger partial charge in [0.05, 0.1) is 11.8 Å². The van der Waals surface area contributed by atoms with Crippen molar-refractivity contribution in [2.24, 2.45) is 0 Å². The molecule has 1 aliphatic heterocycles. The topological polar surface area (TPSA) is 94.9 Å². The number of piperidine rings is 1. The first-order valence-electron chi connectivity index (χ1n) is 6.22. The van der Waals surface area contributed by atoms with Crippen LogP contribution >= 0.6 is 0 Å². The molecule has 6 nitrogen and oxygen atoms in total. The highest BCUT2D eigenvalue weighted by atomic mass is 32.2. The number of aliphatic hydroxyl groups is 1. The van der Waals surface area contributed by atoms with Crippen molar-refractivity contribution in [3.63, 3.8) is 0 Å². The van der Waals surface area contributed by atoms with Crippen molar-refractivity contribution in [3.8, 4) is 0 Å². The van der Waals surface area contributed by atoms with Crippen molar-refractivity contribution in [2.75, 3.05) is 13.1 Å². The van der Waals surface area contributed by atoms with Crippen LogP contribution in [0.1, 0.15) is 39.5 Å². The lowest BCUT2D eigenvalue weighted by Crippen LogP contribution is -2.56. The van der Waals surface area contributed by atoms with Crippen LogP contribution in [0.4, 0.5) is 0 Å². The predicted molar refractivity (Wildman–Crippen MR) is 66.7 cm³/mol. The Morgan fingerprint density at radius 3 is 2.39 bits per heavy atom. The molecule has 0 aromatic heterocycles. The van der Waals surface area contributed by atoms with Gasteiger partial charge >= 0.3 is 5.97 Å². The zero-order valence-electron chi connectivity index (χ0n) is 10.8. The molecule has 1 heterocycles. The van der Waals surface area contributed by atoms with Gasteiger partial charge < -0.3 is 10.2 Å². The van der Waals surface area contributed by atoms with E-state index in [4.69, 9.17) is 5.11 Å². The number of carbonyl (C=O) groups is 1. The van der Waals surface area contributed by atoms with Gasteiger partial charge in [-0.2, -0.15) is 4.31 Å². The van der Waals surface area contributed by atoms with Crippen molar-refractivity contribution in [2.45, 2.75) is 50.4 Å². The monoisotopic (exact) mass is 279 g/mol. The summed E-state index contributed by atoms with van der Waals surface area (Å²) in [6.45, 7) is 3.52. The molecule has 1 rings (SSSR count). The molecular formula is C11H21NO5S. The highest BCUT2D eigenvalue weighted by Crippen LogP contribution is 2.26. The summed E-state index contributed by atoms with van der Waals surface area (Å²) in [7, 11) is -3.52. The minimum Gasteiger partial charge on any atom is -0.479 e. The summed E-state index contributed by atoms with van der Waals surface area (Å²) in [5, 5.41) is 18.4. The van der Waals surface area contributed by atoms with Crippen LogP contribution in [0, 0.1) is 0 Å². The first-order chi connectivity index (χ1) is 8.28. The second-order valence-corrected chi connectivity index (χ2v) is 6.97. The van der Waals surface area contributed by atoms with Gasteiger partial charge in [0.2, 0.25) is 10.0 Å². The third-order valence-corrected chi connectivity index (χ3v) is 6.07. The summed E-state index contributed by atoms with van der Waals surface area (Å²) in [6, 6.07) is 0. The van der Waals surface area contributed by atoms with Crippen molar-refractivity contribution in [1.82, 2.24) is 4.31 Å². The van der Waals surface area contributed by atoms with Crippen LogP contribution in [-0.4, -0.2) is 52.8 Å². The molecule has 0 radical (unpaired) electrons. The second kappa shape index (κ2) is 5.54. The lowest BCUT2D eigenvalue weighted by atomic mass is 9.95. The van der Waals surface area contributed by atoms with Gasteiger partial charge in [0.15, 0.2) is 5.60 Å². The van der Waals surface area contributed by atoms with Gasteiger partial charge in [-0.25, -0.2) is 13.2 Å². The van der Waals surface area contributed by atoms with E-state index in [1.165, 1.54) is 0 Å². The molecule has 0 bridgehead atoms. The fraction of sp³-hybridized carbons (Fsp3) is 0.909. The number of nitrogens with zero attached hydrogens (tertiary/aromatic N) is 1. The maximum atomic E-state index is 12.3. The molecular weight excluding hydrogens is 258 g/mol. The molecule has 1 aliphatic rings. The van der Waals surface area contributed by atoms with Crippen LogP contribution < -0.4 is 0 Å². The maximum Gasteiger partial charge on any atom is 0.337 e. The molecule has 0 aromatic carbocycles. The molecule has 1 unspecified atom stereocenters. The van der Waals surface area contributed by atoms with Gasteiger partial charge in [-0.3, -0.25) is 0 Å². The van der Waals surface area contributed by atoms with Crippen LogP contribution in [0.5, 0.6) is 0 Å². The Balaban J connectivity index is 2.94. The zero-order valence-corrected chi connectivity index (χ0v) is 11.6. The Labute approximate surface area is 108 Å². The molecule has 0 aromatic rings. The zero-order chi connectivity index (χ0) is 14.0. The number of rotatable bonds is 5. The van der Waals surface area contributed by atoms with Crippen molar-refractivity contribution in [3.05, 3.63) is 0 Å². The molecule has 1 saturated heterocycles. The molecule has 7 heteroatoms. The van der Waals surface area contributed by atoms with E-state index in [-0.39, 0.29) is 19.5 Å². The summed E-state index contributed by atoms with van der Waals surface area (Å²) < 4.78 is 25.7. The molecule has 0 amide bonds. The highest BCUT2D eigenvalue weighted by Gasteiger charge is 2.44. The Bertz CT molecular complexity index is 404. The fourth-order valence-electron chi connectivity index (χ4n) is 2.31. The standard InChI is InChI=1S/C11H21NO5S/c1-3-9(4-2)18(16,17)12-7-5-6-11(15,8-12)10(13)14/h9,15H,3-8H2,1-2H3,(H,13,14). The van der Waals surface area contributed by atoms with E-state index in [2.05, 4.69) is 0 Å². The average Bonchev–Trinajstić information content (AvgIpc) is 2.30. The molecule has 106 valence electrons. The Morgan fingerprint density at radius 2 is 1.94 bits per heavy atom. The van der Waals surface area contributed by atoms with Crippen LogP contribution in [0.3, 0.4) is 0 Å². The van der Waals surface area contributed by atoms with E-state index in [9.17, 15) is 18.3 Å². The van der Waals surface area contributed by atoms with Gasteiger partial charge in [0.25, 0.3) is 0 Å². The predicted octanol–water partition coefficient (Wildman–Crippen LogP) is 0.416. The molecule has 0 saturated carbocycles. The summed E-state index contributed by atoms with van der Waals surface area (Å²) >= 11 is 0. The van der Waals surface area contributed by atoms with Gasteiger partial charge in [0, 0.05) is 6.54 Å². The summed E-state index contributed by atoms with van der Waals surface area (Å²) in [4.78, 5) is 11.0. The number of sulfonamides is 1. The first kappa shape index (κ1) is 15.4. The van der Waals surface area contributed by atoms with Crippen molar-refractivity contribution < 1.29 is 23.4 Å². The van der Waals surface area contributed by atoms with E-state index < -0.39 is 26.8 Å². The van der Waals surface area contributed by atoms with Gasteiger partial charge in [-0.05, 0) is 25.7 Å². The largest absolute Gasteiger partial charge is 0.479 e. The fourth-order valence-corrected chi connectivity index (χ4v) is 4.35. The Kier molecular flexibility index (Phi) is 4.74. The van der Waals surface area contributed by atoms with Crippen molar-refractivity contribution in [1.29, 1.82) is 0 Å². The van der Waals surface area contributed by atoms with E-state index >= 15 is 0 Å². The summed E-state index contributed by atoms with van der Waals surface area (Å²) in [6.07, 6.45) is 1.43. The number of aliphatic carboxylic acids is 1. The second-order valence-electron chi connectivity index (χ2n) is 4.76. The number of hydrogen-bond acceptors (Lipinski definition) is 4. The number of β-amino-alcohol motifs (C(OH)–C–C–N with tert-alkyl or cyclic N) is 1. The normalized spacial score (nSPS) is 26.4. The van der Waals surface area contributed by atoms with E-state index in [1.807, 2.05) is 0 Å². The Morgan fingerprint density at radius 1 is 1.39 bits per heavy atom. The molecule has 1 fully saturated rings. The Hall–Kier alpha value is -0.660. The molecule has 18 heavy (non-hydrogen) atoms. The average molecular weight is 279 g/mol. The number of carboxylic acids is 1. The SMILES string of the molecule is CCC(CC)S(=O)(=O)N1CCCC(O)(C(=O)O)C1. The summed E-state index contributed by atoms with van der Waals surface area (Å²) in [5.74, 6) is -1.35. The molecule has 0 spiro atoms. The van der Waals surface area contributed by atoms with Crippen LogP contribution in [-0.2, 0) is 14.8 Å². The van der Waals surface area contributed by atoms with Crippen LogP contribution in [0.25, 0.3) is 0 Å². The first-order valence-corrected chi connectivity index (χ1v) is 7.73. The third kappa shape index (κ3) is 2.84.